The Hall–Kier alpha value is -1.71. The van der Waals surface area contributed by atoms with Crippen LogP contribution in [0.5, 0.6) is 0 Å². The lowest BCUT2D eigenvalue weighted by molar-refractivity contribution is -0.126. The number of carbonyl (C=O) groups excluding carboxylic acids is 1. The molecule has 0 aromatic carbocycles. The van der Waals surface area contributed by atoms with Gasteiger partial charge in [0.15, 0.2) is 0 Å². The van der Waals surface area contributed by atoms with Crippen LogP contribution in [0.15, 0.2) is 34.8 Å². The van der Waals surface area contributed by atoms with Crippen molar-refractivity contribution >= 4 is 27.3 Å². The smallest absolute Gasteiger partial charge is 0.247 e. The molecule has 0 radical (unpaired) electrons. The minimum Gasteiger partial charge on any atom is -0.353 e. The minimum absolute atomic E-state index is 0.0984. The van der Waals surface area contributed by atoms with Crippen LogP contribution < -0.4 is 5.32 Å². The quantitative estimate of drug-likeness (QED) is 0.882. The summed E-state index contributed by atoms with van der Waals surface area (Å²) in [5, 5.41) is 8.44. The van der Waals surface area contributed by atoms with Crippen molar-refractivity contribution in [2.75, 3.05) is 13.1 Å². The number of nitrogens with one attached hydrogen (secondary N) is 1. The number of amides is 1. The largest absolute Gasteiger partial charge is 0.353 e. The van der Waals surface area contributed by atoms with Crippen LogP contribution in [0, 0.1) is 0 Å². The standard InChI is InChI=1S/C12H14N4O3S2/c1-15-8-9(7-14-15)21(18,19)16-5-4-13-12(17)11(16)10-3-2-6-20-10/h2-3,6-8,11H,4-5H2,1H3,(H,13,17)/t11-/m1/s1. The van der Waals surface area contributed by atoms with Gasteiger partial charge in [0.25, 0.3) is 0 Å². The van der Waals surface area contributed by atoms with E-state index >= 15 is 0 Å². The number of hydrogen-bond donors (Lipinski definition) is 1. The summed E-state index contributed by atoms with van der Waals surface area (Å²) in [5.74, 6) is -0.295. The topological polar surface area (TPSA) is 84.3 Å². The summed E-state index contributed by atoms with van der Waals surface area (Å²) >= 11 is 1.37. The molecule has 1 fully saturated rings. The molecular formula is C12H14N4O3S2. The molecule has 1 N–H and O–H groups in total. The highest BCUT2D eigenvalue weighted by molar-refractivity contribution is 7.89. The first-order chi connectivity index (χ1) is 10.00. The fourth-order valence-corrected chi connectivity index (χ4v) is 4.75. The molecule has 0 saturated carbocycles. The molecule has 1 aliphatic heterocycles. The SMILES string of the molecule is Cn1cc(S(=O)(=O)N2CCNC(=O)[C@H]2c2cccs2)cn1. The first kappa shape index (κ1) is 14.2. The van der Waals surface area contributed by atoms with Crippen LogP contribution in [-0.4, -0.2) is 41.5 Å². The van der Waals surface area contributed by atoms with E-state index in [2.05, 4.69) is 10.4 Å². The van der Waals surface area contributed by atoms with Gasteiger partial charge >= 0.3 is 0 Å². The van der Waals surface area contributed by atoms with Crippen LogP contribution >= 0.6 is 11.3 Å². The highest BCUT2D eigenvalue weighted by Crippen LogP contribution is 2.31. The van der Waals surface area contributed by atoms with Crippen LogP contribution in [0.1, 0.15) is 10.9 Å². The van der Waals surface area contributed by atoms with Crippen LogP contribution in [0.2, 0.25) is 0 Å². The van der Waals surface area contributed by atoms with Gasteiger partial charge in [-0.1, -0.05) is 6.07 Å². The second-order valence-electron chi connectivity index (χ2n) is 4.67. The molecule has 9 heteroatoms. The van der Waals surface area contributed by atoms with Gasteiger partial charge in [-0.05, 0) is 11.4 Å². The van der Waals surface area contributed by atoms with Gasteiger partial charge in [-0.15, -0.1) is 11.3 Å². The second kappa shape index (κ2) is 5.24. The molecule has 21 heavy (non-hydrogen) atoms. The molecule has 3 heterocycles. The Bertz CT molecular complexity index is 751. The van der Waals surface area contributed by atoms with E-state index in [0.717, 1.165) is 0 Å². The third-order valence-electron chi connectivity index (χ3n) is 3.27. The Kier molecular flexibility index (Phi) is 3.56. The Morgan fingerprint density at radius 1 is 1.48 bits per heavy atom. The van der Waals surface area contributed by atoms with Gasteiger partial charge in [0.1, 0.15) is 10.9 Å². The van der Waals surface area contributed by atoms with Gasteiger partial charge in [-0.25, -0.2) is 8.42 Å². The van der Waals surface area contributed by atoms with Crippen molar-refractivity contribution in [3.05, 3.63) is 34.8 Å². The molecule has 0 unspecified atom stereocenters. The Morgan fingerprint density at radius 3 is 2.90 bits per heavy atom. The molecule has 3 rings (SSSR count). The summed E-state index contributed by atoms with van der Waals surface area (Å²) in [6, 6.07) is 2.76. The maximum absolute atomic E-state index is 12.7. The van der Waals surface area contributed by atoms with E-state index in [1.165, 1.54) is 32.7 Å². The zero-order chi connectivity index (χ0) is 15.0. The fraction of sp³-hybridized carbons (Fsp3) is 0.333. The van der Waals surface area contributed by atoms with Crippen molar-refractivity contribution < 1.29 is 13.2 Å². The summed E-state index contributed by atoms with van der Waals surface area (Å²) in [6.45, 7) is 0.547. The number of thiophene rings is 1. The van der Waals surface area contributed by atoms with Crippen LogP contribution in [-0.2, 0) is 21.9 Å². The van der Waals surface area contributed by atoms with Crippen molar-refractivity contribution in [1.82, 2.24) is 19.4 Å². The molecule has 2 aromatic heterocycles. The first-order valence-corrected chi connectivity index (χ1v) is 8.64. The molecule has 1 aliphatic rings. The van der Waals surface area contributed by atoms with E-state index in [9.17, 15) is 13.2 Å². The van der Waals surface area contributed by atoms with Gasteiger partial charge in [0, 0.05) is 31.2 Å². The van der Waals surface area contributed by atoms with E-state index in [1.807, 2.05) is 5.38 Å². The van der Waals surface area contributed by atoms with Crippen LogP contribution in [0.3, 0.4) is 0 Å². The molecule has 0 spiro atoms. The molecule has 1 atom stereocenters. The molecule has 112 valence electrons. The van der Waals surface area contributed by atoms with Gasteiger partial charge in [0.2, 0.25) is 15.9 Å². The molecule has 1 amide bonds. The highest BCUT2D eigenvalue weighted by atomic mass is 32.2. The van der Waals surface area contributed by atoms with Crippen molar-refractivity contribution in [2.45, 2.75) is 10.9 Å². The molecular weight excluding hydrogens is 312 g/mol. The molecule has 7 nitrogen and oxygen atoms in total. The second-order valence-corrected chi connectivity index (χ2v) is 7.54. The summed E-state index contributed by atoms with van der Waals surface area (Å²) in [4.78, 5) is 13.0. The van der Waals surface area contributed by atoms with E-state index in [4.69, 9.17) is 0 Å². The van der Waals surface area contributed by atoms with Gasteiger partial charge in [0.05, 0.1) is 6.20 Å². The lowest BCUT2D eigenvalue weighted by atomic mass is 10.2. The predicted octanol–water partition coefficient (Wildman–Crippen LogP) is 0.343. The zero-order valence-corrected chi connectivity index (χ0v) is 12.9. The predicted molar refractivity (Wildman–Crippen MR) is 77.2 cm³/mol. The summed E-state index contributed by atoms with van der Waals surface area (Å²) in [6.07, 6.45) is 2.74. The Balaban J connectivity index is 2.04. The normalized spacial score (nSPS) is 20.4. The molecule has 0 aliphatic carbocycles. The number of rotatable bonds is 3. The lowest BCUT2D eigenvalue weighted by Gasteiger charge is -2.33. The van der Waals surface area contributed by atoms with E-state index in [1.54, 1.807) is 19.2 Å². The molecule has 0 bridgehead atoms. The first-order valence-electron chi connectivity index (χ1n) is 6.32. The van der Waals surface area contributed by atoms with Crippen molar-refractivity contribution in [3.8, 4) is 0 Å². The zero-order valence-electron chi connectivity index (χ0n) is 11.3. The lowest BCUT2D eigenvalue weighted by Crippen LogP contribution is -2.51. The fourth-order valence-electron chi connectivity index (χ4n) is 2.29. The Morgan fingerprint density at radius 2 is 2.29 bits per heavy atom. The van der Waals surface area contributed by atoms with Crippen LogP contribution in [0.4, 0.5) is 0 Å². The average Bonchev–Trinajstić information content (AvgIpc) is 3.09. The maximum Gasteiger partial charge on any atom is 0.247 e. The van der Waals surface area contributed by atoms with Crippen molar-refractivity contribution in [2.24, 2.45) is 7.05 Å². The van der Waals surface area contributed by atoms with Crippen molar-refractivity contribution in [3.63, 3.8) is 0 Å². The number of aryl methyl sites for hydroxylation is 1. The van der Waals surface area contributed by atoms with Gasteiger partial charge in [-0.3, -0.25) is 9.48 Å². The molecule has 1 saturated heterocycles. The number of nitrogens with zero attached hydrogens (tertiary/aromatic N) is 3. The number of aromatic nitrogens is 2. The Labute approximate surface area is 126 Å². The monoisotopic (exact) mass is 326 g/mol. The molecule has 2 aromatic rings. The highest BCUT2D eigenvalue weighted by Gasteiger charge is 2.40. The van der Waals surface area contributed by atoms with Crippen LogP contribution in [0.25, 0.3) is 0 Å². The average molecular weight is 326 g/mol. The summed E-state index contributed by atoms with van der Waals surface area (Å²) in [5.41, 5.74) is 0. The van der Waals surface area contributed by atoms with E-state index in [0.29, 0.717) is 11.4 Å². The minimum atomic E-state index is -3.75. The number of sulfonamides is 1. The van der Waals surface area contributed by atoms with Crippen molar-refractivity contribution in [1.29, 1.82) is 0 Å². The van der Waals surface area contributed by atoms with E-state index < -0.39 is 16.1 Å². The van der Waals surface area contributed by atoms with Gasteiger partial charge in [-0.2, -0.15) is 9.40 Å². The maximum atomic E-state index is 12.7. The number of hydrogen-bond acceptors (Lipinski definition) is 5. The number of piperazine rings is 1. The summed E-state index contributed by atoms with van der Waals surface area (Å²) in [7, 11) is -2.10. The van der Waals surface area contributed by atoms with Gasteiger partial charge < -0.3 is 5.32 Å². The summed E-state index contributed by atoms with van der Waals surface area (Å²) < 4.78 is 28.2. The third-order valence-corrected chi connectivity index (χ3v) is 6.01. The van der Waals surface area contributed by atoms with E-state index in [-0.39, 0.29) is 17.3 Å². The number of carbonyl (C=O) groups is 1. The third kappa shape index (κ3) is 2.47.